The highest BCUT2D eigenvalue weighted by Crippen LogP contribution is 2.29. The second-order valence-electron chi connectivity index (χ2n) is 4.33. The molecule has 0 radical (unpaired) electrons. The SMILES string of the molecule is CCc1nnc(NC(C)C2CCCC2)s1. The fourth-order valence-corrected chi connectivity index (χ4v) is 3.00. The molecule has 15 heavy (non-hydrogen) atoms. The van der Waals surface area contributed by atoms with Crippen LogP contribution in [0.15, 0.2) is 0 Å². The maximum Gasteiger partial charge on any atom is 0.205 e. The number of hydrogen-bond acceptors (Lipinski definition) is 4. The van der Waals surface area contributed by atoms with Gasteiger partial charge < -0.3 is 5.32 Å². The Kier molecular flexibility index (Phi) is 3.57. The van der Waals surface area contributed by atoms with Crippen molar-refractivity contribution in [1.29, 1.82) is 0 Å². The zero-order chi connectivity index (χ0) is 10.7. The lowest BCUT2D eigenvalue weighted by Crippen LogP contribution is -2.23. The molecule has 0 aromatic carbocycles. The van der Waals surface area contributed by atoms with Crippen molar-refractivity contribution in [3.63, 3.8) is 0 Å². The summed E-state index contributed by atoms with van der Waals surface area (Å²) in [4.78, 5) is 0. The fraction of sp³-hybridized carbons (Fsp3) is 0.818. The van der Waals surface area contributed by atoms with Crippen LogP contribution in [-0.4, -0.2) is 16.2 Å². The molecule has 1 heterocycles. The highest BCUT2D eigenvalue weighted by atomic mass is 32.1. The van der Waals surface area contributed by atoms with Gasteiger partial charge in [0.1, 0.15) is 5.01 Å². The molecule has 0 amide bonds. The van der Waals surface area contributed by atoms with Crippen LogP contribution < -0.4 is 5.32 Å². The van der Waals surface area contributed by atoms with Crippen molar-refractivity contribution < 1.29 is 0 Å². The number of nitrogens with zero attached hydrogens (tertiary/aromatic N) is 2. The van der Waals surface area contributed by atoms with Crippen molar-refractivity contribution in [2.75, 3.05) is 5.32 Å². The minimum Gasteiger partial charge on any atom is -0.357 e. The van der Waals surface area contributed by atoms with Crippen LogP contribution in [-0.2, 0) is 6.42 Å². The minimum absolute atomic E-state index is 0.546. The monoisotopic (exact) mass is 225 g/mol. The summed E-state index contributed by atoms with van der Waals surface area (Å²) in [5.74, 6) is 0.832. The lowest BCUT2D eigenvalue weighted by atomic mass is 10.0. The first-order chi connectivity index (χ1) is 7.29. The third-order valence-corrected chi connectivity index (χ3v) is 4.23. The first-order valence-electron chi connectivity index (χ1n) is 5.88. The molecule has 0 aliphatic heterocycles. The molecule has 0 bridgehead atoms. The number of rotatable bonds is 4. The van der Waals surface area contributed by atoms with Crippen LogP contribution in [0.5, 0.6) is 0 Å². The van der Waals surface area contributed by atoms with Crippen LogP contribution in [0.4, 0.5) is 5.13 Å². The Morgan fingerprint density at radius 3 is 2.73 bits per heavy atom. The van der Waals surface area contributed by atoms with E-state index in [1.807, 2.05) is 0 Å². The molecule has 1 atom stereocenters. The van der Waals surface area contributed by atoms with Gasteiger partial charge in [-0.05, 0) is 32.1 Å². The summed E-state index contributed by atoms with van der Waals surface area (Å²) in [6, 6.07) is 0.546. The third kappa shape index (κ3) is 2.68. The first-order valence-corrected chi connectivity index (χ1v) is 6.70. The van der Waals surface area contributed by atoms with Crippen molar-refractivity contribution in [3.8, 4) is 0 Å². The molecule has 3 nitrogen and oxygen atoms in total. The number of anilines is 1. The van der Waals surface area contributed by atoms with Crippen LogP contribution in [0, 0.1) is 5.92 Å². The van der Waals surface area contributed by atoms with Crippen LogP contribution in [0.3, 0.4) is 0 Å². The molecular weight excluding hydrogens is 206 g/mol. The molecule has 1 saturated carbocycles. The van der Waals surface area contributed by atoms with Gasteiger partial charge in [0.05, 0.1) is 0 Å². The standard InChI is InChI=1S/C11H19N3S/c1-3-10-13-14-11(15-10)12-8(2)9-6-4-5-7-9/h8-9H,3-7H2,1-2H3,(H,12,14). The van der Waals surface area contributed by atoms with Crippen molar-refractivity contribution in [1.82, 2.24) is 10.2 Å². The highest BCUT2D eigenvalue weighted by Gasteiger charge is 2.22. The van der Waals surface area contributed by atoms with Crippen LogP contribution in [0.2, 0.25) is 0 Å². The Balaban J connectivity index is 1.89. The molecule has 1 aliphatic rings. The second kappa shape index (κ2) is 4.92. The maximum absolute atomic E-state index is 4.16. The summed E-state index contributed by atoms with van der Waals surface area (Å²) in [5.41, 5.74) is 0. The number of hydrogen-bond donors (Lipinski definition) is 1. The van der Waals surface area contributed by atoms with Gasteiger partial charge in [-0.1, -0.05) is 31.1 Å². The summed E-state index contributed by atoms with van der Waals surface area (Å²) in [6.45, 7) is 4.38. The number of aromatic nitrogens is 2. The Morgan fingerprint density at radius 2 is 2.13 bits per heavy atom. The molecule has 0 saturated heterocycles. The van der Waals surface area contributed by atoms with Crippen molar-refractivity contribution in [2.45, 2.75) is 52.0 Å². The molecule has 84 valence electrons. The lowest BCUT2D eigenvalue weighted by molar-refractivity contribution is 0.481. The third-order valence-electron chi connectivity index (χ3n) is 3.23. The molecule has 1 aromatic heterocycles. The largest absolute Gasteiger partial charge is 0.357 e. The summed E-state index contributed by atoms with van der Waals surface area (Å²) in [7, 11) is 0. The average Bonchev–Trinajstić information content (AvgIpc) is 2.87. The summed E-state index contributed by atoms with van der Waals surface area (Å²) < 4.78 is 0. The Hall–Kier alpha value is -0.640. The predicted molar refractivity (Wildman–Crippen MR) is 64.3 cm³/mol. The van der Waals surface area contributed by atoms with Gasteiger partial charge in [-0.25, -0.2) is 0 Å². The molecule has 4 heteroatoms. The van der Waals surface area contributed by atoms with E-state index in [-0.39, 0.29) is 0 Å². The normalized spacial score (nSPS) is 19.3. The van der Waals surface area contributed by atoms with E-state index in [4.69, 9.17) is 0 Å². The van der Waals surface area contributed by atoms with Gasteiger partial charge in [0.25, 0.3) is 0 Å². The van der Waals surface area contributed by atoms with Gasteiger partial charge in [0.2, 0.25) is 5.13 Å². The van der Waals surface area contributed by atoms with E-state index in [0.29, 0.717) is 6.04 Å². The average molecular weight is 225 g/mol. The molecule has 1 unspecified atom stereocenters. The van der Waals surface area contributed by atoms with Crippen LogP contribution in [0.1, 0.15) is 44.5 Å². The molecule has 1 N–H and O–H groups in total. The second-order valence-corrected chi connectivity index (χ2v) is 5.39. The topological polar surface area (TPSA) is 37.8 Å². The smallest absolute Gasteiger partial charge is 0.205 e. The quantitative estimate of drug-likeness (QED) is 0.855. The van der Waals surface area contributed by atoms with Gasteiger partial charge >= 0.3 is 0 Å². The molecule has 1 aromatic rings. The van der Waals surface area contributed by atoms with E-state index in [0.717, 1.165) is 22.5 Å². The van der Waals surface area contributed by atoms with Gasteiger partial charge in [0, 0.05) is 6.04 Å². The van der Waals surface area contributed by atoms with Gasteiger partial charge in [-0.3, -0.25) is 0 Å². The lowest BCUT2D eigenvalue weighted by Gasteiger charge is -2.19. The molecule has 2 rings (SSSR count). The summed E-state index contributed by atoms with van der Waals surface area (Å²) >= 11 is 1.69. The van der Waals surface area contributed by atoms with E-state index < -0.39 is 0 Å². The minimum atomic E-state index is 0.546. The number of nitrogens with one attached hydrogen (secondary N) is 1. The zero-order valence-corrected chi connectivity index (χ0v) is 10.3. The van der Waals surface area contributed by atoms with Crippen molar-refractivity contribution >= 4 is 16.5 Å². The Morgan fingerprint density at radius 1 is 1.40 bits per heavy atom. The van der Waals surface area contributed by atoms with Gasteiger partial charge in [0.15, 0.2) is 0 Å². The van der Waals surface area contributed by atoms with E-state index >= 15 is 0 Å². The Labute approximate surface area is 95.3 Å². The van der Waals surface area contributed by atoms with Crippen LogP contribution >= 0.6 is 11.3 Å². The molecule has 0 spiro atoms. The fourth-order valence-electron chi connectivity index (χ4n) is 2.22. The molecule has 1 aliphatic carbocycles. The summed E-state index contributed by atoms with van der Waals surface area (Å²) in [6.07, 6.45) is 6.51. The zero-order valence-electron chi connectivity index (χ0n) is 9.49. The molecular formula is C11H19N3S. The molecule has 1 fully saturated rings. The first kappa shape index (κ1) is 10.9. The van der Waals surface area contributed by atoms with Gasteiger partial charge in [-0.15, -0.1) is 10.2 Å². The van der Waals surface area contributed by atoms with Crippen LogP contribution in [0.25, 0.3) is 0 Å². The summed E-state index contributed by atoms with van der Waals surface area (Å²) in [5, 5.41) is 13.9. The van der Waals surface area contributed by atoms with E-state index in [2.05, 4.69) is 29.4 Å². The van der Waals surface area contributed by atoms with E-state index in [9.17, 15) is 0 Å². The number of aryl methyl sites for hydroxylation is 1. The maximum atomic E-state index is 4.16. The van der Waals surface area contributed by atoms with Crippen molar-refractivity contribution in [3.05, 3.63) is 5.01 Å². The van der Waals surface area contributed by atoms with Gasteiger partial charge in [-0.2, -0.15) is 0 Å². The predicted octanol–water partition coefficient (Wildman–Crippen LogP) is 3.09. The van der Waals surface area contributed by atoms with E-state index in [1.165, 1.54) is 25.7 Å². The van der Waals surface area contributed by atoms with Crippen molar-refractivity contribution in [2.24, 2.45) is 5.92 Å². The highest BCUT2D eigenvalue weighted by molar-refractivity contribution is 7.15. The van der Waals surface area contributed by atoms with E-state index in [1.54, 1.807) is 11.3 Å². The Bertz CT molecular complexity index is 305.